The van der Waals surface area contributed by atoms with Gasteiger partial charge in [-0.15, -0.1) is 11.3 Å². The highest BCUT2D eigenvalue weighted by atomic mass is 32.1. The van der Waals surface area contributed by atoms with Crippen LogP contribution in [0.15, 0.2) is 30.3 Å². The van der Waals surface area contributed by atoms with Crippen molar-refractivity contribution in [1.29, 1.82) is 0 Å². The highest BCUT2D eigenvalue weighted by Gasteiger charge is 2.15. The first-order chi connectivity index (χ1) is 10.5. The van der Waals surface area contributed by atoms with E-state index in [4.69, 9.17) is 0 Å². The van der Waals surface area contributed by atoms with E-state index in [2.05, 4.69) is 10.4 Å². The van der Waals surface area contributed by atoms with Crippen molar-refractivity contribution >= 4 is 38.9 Å². The number of anilines is 1. The highest BCUT2D eigenvalue weighted by molar-refractivity contribution is 7.20. The number of carbonyl (C=O) groups is 2. The van der Waals surface area contributed by atoms with Crippen molar-refractivity contribution in [2.24, 2.45) is 7.05 Å². The fourth-order valence-corrected chi connectivity index (χ4v) is 3.32. The lowest BCUT2D eigenvalue weighted by Crippen LogP contribution is -2.10. The molecule has 1 aromatic carbocycles. The number of aryl methyl sites for hydroxylation is 2. The van der Waals surface area contributed by atoms with Gasteiger partial charge in [-0.3, -0.25) is 14.3 Å². The molecule has 2 heterocycles. The predicted molar refractivity (Wildman–Crippen MR) is 87.7 cm³/mol. The molecule has 22 heavy (non-hydrogen) atoms. The standard InChI is InChI=1S/C16H15N3O2S/c1-9-13-8-14(22-16(13)19(3)18-9)15(21)17-12-6-4-11(5-7-12)10(2)20/h4-8H,1-3H3,(H,17,21). The van der Waals surface area contributed by atoms with E-state index in [-0.39, 0.29) is 11.7 Å². The molecule has 0 fully saturated rings. The van der Waals surface area contributed by atoms with Gasteiger partial charge in [-0.1, -0.05) is 0 Å². The summed E-state index contributed by atoms with van der Waals surface area (Å²) in [6, 6.07) is 8.74. The fourth-order valence-electron chi connectivity index (χ4n) is 2.30. The Morgan fingerprint density at radius 1 is 1.23 bits per heavy atom. The summed E-state index contributed by atoms with van der Waals surface area (Å²) in [5.41, 5.74) is 2.21. The first kappa shape index (κ1) is 14.5. The summed E-state index contributed by atoms with van der Waals surface area (Å²) >= 11 is 1.41. The van der Waals surface area contributed by atoms with Crippen LogP contribution in [0.1, 0.15) is 32.6 Å². The topological polar surface area (TPSA) is 64.0 Å². The van der Waals surface area contributed by atoms with Crippen LogP contribution >= 0.6 is 11.3 Å². The van der Waals surface area contributed by atoms with Crippen LogP contribution in [0.5, 0.6) is 0 Å². The quantitative estimate of drug-likeness (QED) is 0.754. The molecule has 0 unspecified atom stereocenters. The highest BCUT2D eigenvalue weighted by Crippen LogP contribution is 2.28. The van der Waals surface area contributed by atoms with Crippen molar-refractivity contribution in [1.82, 2.24) is 9.78 Å². The Morgan fingerprint density at radius 2 is 1.91 bits per heavy atom. The number of carbonyl (C=O) groups excluding carboxylic acids is 2. The third-order valence-corrected chi connectivity index (χ3v) is 4.67. The number of hydrogen-bond acceptors (Lipinski definition) is 4. The van der Waals surface area contributed by atoms with Gasteiger partial charge in [0.15, 0.2) is 5.78 Å². The van der Waals surface area contributed by atoms with Crippen LogP contribution in [0, 0.1) is 6.92 Å². The monoisotopic (exact) mass is 313 g/mol. The molecular weight excluding hydrogens is 298 g/mol. The van der Waals surface area contributed by atoms with E-state index in [1.165, 1.54) is 18.3 Å². The van der Waals surface area contributed by atoms with Crippen molar-refractivity contribution in [3.63, 3.8) is 0 Å². The van der Waals surface area contributed by atoms with Gasteiger partial charge in [0.25, 0.3) is 5.91 Å². The number of ketones is 1. The molecule has 0 saturated carbocycles. The molecule has 0 spiro atoms. The number of benzene rings is 1. The lowest BCUT2D eigenvalue weighted by molar-refractivity contribution is 0.101. The minimum Gasteiger partial charge on any atom is -0.321 e. The summed E-state index contributed by atoms with van der Waals surface area (Å²) in [4.78, 5) is 25.2. The number of amides is 1. The normalized spacial score (nSPS) is 10.9. The van der Waals surface area contributed by atoms with Gasteiger partial charge in [0, 0.05) is 23.7 Å². The molecule has 1 amide bonds. The molecule has 5 nitrogen and oxygen atoms in total. The van der Waals surface area contributed by atoms with Gasteiger partial charge in [-0.05, 0) is 44.2 Å². The molecule has 2 aromatic heterocycles. The minimum atomic E-state index is -0.156. The molecule has 0 bridgehead atoms. The Kier molecular flexibility index (Phi) is 3.54. The summed E-state index contributed by atoms with van der Waals surface area (Å²) in [7, 11) is 1.87. The fraction of sp³-hybridized carbons (Fsp3) is 0.188. The number of nitrogens with zero attached hydrogens (tertiary/aromatic N) is 2. The van der Waals surface area contributed by atoms with E-state index < -0.39 is 0 Å². The summed E-state index contributed by atoms with van der Waals surface area (Å²) in [6.45, 7) is 3.44. The Hall–Kier alpha value is -2.47. The van der Waals surface area contributed by atoms with Crippen molar-refractivity contribution < 1.29 is 9.59 Å². The summed E-state index contributed by atoms with van der Waals surface area (Å²) in [5, 5.41) is 8.17. The molecule has 1 N–H and O–H groups in total. The van der Waals surface area contributed by atoms with Gasteiger partial charge in [-0.25, -0.2) is 0 Å². The Balaban J connectivity index is 1.83. The van der Waals surface area contributed by atoms with Crippen LogP contribution in [-0.2, 0) is 7.05 Å². The van der Waals surface area contributed by atoms with Crippen molar-refractivity contribution in [3.05, 3.63) is 46.5 Å². The number of nitrogens with one attached hydrogen (secondary N) is 1. The van der Waals surface area contributed by atoms with E-state index in [0.717, 1.165) is 15.9 Å². The van der Waals surface area contributed by atoms with Gasteiger partial charge in [0.1, 0.15) is 4.83 Å². The molecule has 0 aliphatic heterocycles. The summed E-state index contributed by atoms with van der Waals surface area (Å²) in [5.74, 6) is -0.151. The van der Waals surface area contributed by atoms with Gasteiger partial charge >= 0.3 is 0 Å². The van der Waals surface area contributed by atoms with Crippen molar-refractivity contribution in [3.8, 4) is 0 Å². The largest absolute Gasteiger partial charge is 0.321 e. The zero-order chi connectivity index (χ0) is 15.9. The second-order valence-corrected chi connectivity index (χ2v) is 6.16. The van der Waals surface area contributed by atoms with E-state index >= 15 is 0 Å². The molecule has 0 saturated heterocycles. The first-order valence-electron chi connectivity index (χ1n) is 6.81. The zero-order valence-corrected chi connectivity index (χ0v) is 13.3. The maximum absolute atomic E-state index is 12.3. The average molecular weight is 313 g/mol. The summed E-state index contributed by atoms with van der Waals surface area (Å²) in [6.07, 6.45) is 0. The number of hydrogen-bond donors (Lipinski definition) is 1. The zero-order valence-electron chi connectivity index (χ0n) is 12.5. The second kappa shape index (κ2) is 5.38. The number of aromatic nitrogens is 2. The third-order valence-electron chi connectivity index (χ3n) is 3.47. The van der Waals surface area contributed by atoms with Crippen LogP contribution in [0.3, 0.4) is 0 Å². The number of Topliss-reactive ketones (excluding diaryl/α,β-unsaturated/α-hetero) is 1. The molecular formula is C16H15N3O2S. The lowest BCUT2D eigenvalue weighted by atomic mass is 10.1. The second-order valence-electron chi connectivity index (χ2n) is 5.13. The van der Waals surface area contributed by atoms with Crippen molar-refractivity contribution in [2.75, 3.05) is 5.32 Å². The minimum absolute atomic E-state index is 0.00496. The average Bonchev–Trinajstić information content (AvgIpc) is 3.02. The van der Waals surface area contributed by atoms with Crippen LogP contribution in [0.25, 0.3) is 10.2 Å². The van der Waals surface area contributed by atoms with Gasteiger partial charge in [-0.2, -0.15) is 5.10 Å². The first-order valence-corrected chi connectivity index (χ1v) is 7.63. The molecule has 3 rings (SSSR count). The van der Waals surface area contributed by atoms with Crippen LogP contribution in [-0.4, -0.2) is 21.5 Å². The van der Waals surface area contributed by atoms with E-state index in [9.17, 15) is 9.59 Å². The van der Waals surface area contributed by atoms with Crippen molar-refractivity contribution in [2.45, 2.75) is 13.8 Å². The number of thiophene rings is 1. The smallest absolute Gasteiger partial charge is 0.265 e. The Morgan fingerprint density at radius 3 is 2.50 bits per heavy atom. The molecule has 6 heteroatoms. The predicted octanol–water partition coefficient (Wildman–Crippen LogP) is 3.40. The van der Waals surface area contributed by atoms with Gasteiger partial charge in [0.2, 0.25) is 0 Å². The maximum atomic E-state index is 12.3. The lowest BCUT2D eigenvalue weighted by Gasteiger charge is -2.04. The molecule has 112 valence electrons. The summed E-state index contributed by atoms with van der Waals surface area (Å²) < 4.78 is 1.79. The molecule has 0 atom stereocenters. The number of rotatable bonds is 3. The Bertz CT molecular complexity index is 840. The van der Waals surface area contributed by atoms with Crippen LogP contribution in [0.2, 0.25) is 0 Å². The van der Waals surface area contributed by atoms with Gasteiger partial charge in [0.05, 0.1) is 10.6 Å². The maximum Gasteiger partial charge on any atom is 0.265 e. The Labute approximate surface area is 131 Å². The van der Waals surface area contributed by atoms with E-state index in [0.29, 0.717) is 16.1 Å². The third kappa shape index (κ3) is 2.53. The molecule has 0 radical (unpaired) electrons. The van der Waals surface area contributed by atoms with E-state index in [1.807, 2.05) is 20.0 Å². The van der Waals surface area contributed by atoms with Crippen LogP contribution in [0.4, 0.5) is 5.69 Å². The SMILES string of the molecule is CC(=O)c1ccc(NC(=O)c2cc3c(C)nn(C)c3s2)cc1. The molecule has 0 aliphatic carbocycles. The number of fused-ring (bicyclic) bond motifs is 1. The molecule has 0 aliphatic rings. The van der Waals surface area contributed by atoms with Crippen LogP contribution < -0.4 is 5.32 Å². The molecule has 3 aromatic rings. The van der Waals surface area contributed by atoms with Gasteiger partial charge < -0.3 is 5.32 Å². The van der Waals surface area contributed by atoms with E-state index in [1.54, 1.807) is 28.9 Å².